The van der Waals surface area contributed by atoms with E-state index >= 15 is 0 Å². The Morgan fingerprint density at radius 1 is 1.14 bits per heavy atom. The quantitative estimate of drug-likeness (QED) is 0.324. The van der Waals surface area contributed by atoms with E-state index in [0.29, 0.717) is 5.75 Å². The minimum absolute atomic E-state index is 0.0683. The molecule has 10 heteroatoms. The van der Waals surface area contributed by atoms with E-state index in [1.807, 2.05) is 31.2 Å². The highest BCUT2D eigenvalue weighted by Crippen LogP contribution is 2.14. The number of carboxylic acids is 2. The predicted molar refractivity (Wildman–Crippen MR) is 105 cm³/mol. The molecule has 28 heavy (non-hydrogen) atoms. The maximum absolute atomic E-state index is 12.2. The van der Waals surface area contributed by atoms with Crippen molar-refractivity contribution in [3.8, 4) is 0 Å². The van der Waals surface area contributed by atoms with E-state index in [1.165, 1.54) is 11.8 Å². The third kappa shape index (κ3) is 9.38. The van der Waals surface area contributed by atoms with Gasteiger partial charge in [-0.25, -0.2) is 0 Å². The fraction of sp³-hybridized carbons (Fsp3) is 0.444. The summed E-state index contributed by atoms with van der Waals surface area (Å²) in [5, 5.41) is 22.2. The van der Waals surface area contributed by atoms with Crippen LogP contribution in [0.5, 0.6) is 0 Å². The number of amides is 2. The first-order valence-electron chi connectivity index (χ1n) is 8.59. The molecule has 0 bridgehead atoms. The molecule has 0 aliphatic heterocycles. The predicted octanol–water partition coefficient (Wildman–Crippen LogP) is 0.106. The Balaban J connectivity index is 2.60. The second kappa shape index (κ2) is 12.0. The molecule has 0 spiro atoms. The number of carbonyl (C=O) groups is 4. The van der Waals surface area contributed by atoms with Crippen molar-refractivity contribution in [2.75, 3.05) is 12.3 Å². The molecule has 0 aliphatic rings. The molecule has 2 atom stereocenters. The fourth-order valence-corrected chi connectivity index (χ4v) is 3.14. The molecule has 0 radical (unpaired) electrons. The van der Waals surface area contributed by atoms with E-state index in [9.17, 15) is 19.2 Å². The van der Waals surface area contributed by atoms with Gasteiger partial charge in [-0.15, -0.1) is 0 Å². The smallest absolute Gasteiger partial charge is 0.322 e. The van der Waals surface area contributed by atoms with Gasteiger partial charge in [-0.2, -0.15) is 11.8 Å². The number of aliphatic carboxylic acids is 2. The lowest BCUT2D eigenvalue weighted by Gasteiger charge is -2.18. The van der Waals surface area contributed by atoms with Crippen molar-refractivity contribution in [1.82, 2.24) is 10.6 Å². The average molecular weight is 411 g/mol. The Kier molecular flexibility index (Phi) is 10.0. The second-order valence-electron chi connectivity index (χ2n) is 6.22. The number of rotatable bonds is 12. The zero-order valence-electron chi connectivity index (χ0n) is 15.5. The van der Waals surface area contributed by atoms with Gasteiger partial charge in [-0.05, 0) is 18.9 Å². The molecule has 1 aromatic rings. The fourth-order valence-electron chi connectivity index (χ4n) is 2.12. The van der Waals surface area contributed by atoms with Gasteiger partial charge in [0.1, 0.15) is 18.6 Å². The number of carbonyl (C=O) groups excluding carboxylic acids is 2. The molecule has 2 amide bonds. The number of aryl methyl sites for hydroxylation is 1. The summed E-state index contributed by atoms with van der Waals surface area (Å²) in [7, 11) is 0. The molecular weight excluding hydrogens is 386 g/mol. The molecule has 0 fully saturated rings. The number of thioether (sulfide) groups is 1. The van der Waals surface area contributed by atoms with Gasteiger partial charge in [-0.1, -0.05) is 29.8 Å². The second-order valence-corrected chi connectivity index (χ2v) is 7.25. The van der Waals surface area contributed by atoms with Crippen LogP contribution in [0.15, 0.2) is 24.3 Å². The molecule has 0 saturated carbocycles. The minimum atomic E-state index is -1.21. The summed E-state index contributed by atoms with van der Waals surface area (Å²) in [5.74, 6) is -2.70. The Hall–Kier alpha value is -2.59. The van der Waals surface area contributed by atoms with Crippen LogP contribution >= 0.6 is 11.8 Å². The molecule has 0 saturated heterocycles. The molecule has 0 heterocycles. The summed E-state index contributed by atoms with van der Waals surface area (Å²) < 4.78 is 0. The summed E-state index contributed by atoms with van der Waals surface area (Å²) in [5.41, 5.74) is 7.55. The molecule has 6 N–H and O–H groups in total. The van der Waals surface area contributed by atoms with E-state index in [1.54, 1.807) is 0 Å². The van der Waals surface area contributed by atoms with Crippen molar-refractivity contribution in [3.63, 3.8) is 0 Å². The number of benzene rings is 1. The van der Waals surface area contributed by atoms with Gasteiger partial charge in [-0.3, -0.25) is 19.2 Å². The number of carboxylic acid groups (broad SMARTS) is 2. The van der Waals surface area contributed by atoms with Crippen molar-refractivity contribution in [3.05, 3.63) is 35.4 Å². The van der Waals surface area contributed by atoms with Gasteiger partial charge in [0.15, 0.2) is 0 Å². The van der Waals surface area contributed by atoms with Crippen molar-refractivity contribution < 1.29 is 29.4 Å². The van der Waals surface area contributed by atoms with Gasteiger partial charge in [0.05, 0.1) is 0 Å². The largest absolute Gasteiger partial charge is 0.480 e. The van der Waals surface area contributed by atoms with Gasteiger partial charge in [0, 0.05) is 17.9 Å². The van der Waals surface area contributed by atoms with Crippen LogP contribution < -0.4 is 16.4 Å². The SMILES string of the molecule is Cc1ccc(CSC[C@H](NC(=O)CC[C@H](N)C(=O)O)C(=O)NCC(=O)O)cc1. The highest BCUT2D eigenvalue weighted by Gasteiger charge is 2.22. The van der Waals surface area contributed by atoms with Crippen LogP contribution in [0.2, 0.25) is 0 Å². The van der Waals surface area contributed by atoms with Crippen LogP contribution in [0.25, 0.3) is 0 Å². The lowest BCUT2D eigenvalue weighted by molar-refractivity contribution is -0.139. The van der Waals surface area contributed by atoms with Crippen LogP contribution in [-0.2, 0) is 24.9 Å². The van der Waals surface area contributed by atoms with Gasteiger partial charge in [0.2, 0.25) is 11.8 Å². The highest BCUT2D eigenvalue weighted by molar-refractivity contribution is 7.98. The minimum Gasteiger partial charge on any atom is -0.480 e. The summed E-state index contributed by atoms with van der Waals surface area (Å²) >= 11 is 1.41. The van der Waals surface area contributed by atoms with Gasteiger partial charge < -0.3 is 26.6 Å². The van der Waals surface area contributed by atoms with Crippen LogP contribution in [0.1, 0.15) is 24.0 Å². The average Bonchev–Trinajstić information content (AvgIpc) is 2.64. The first-order valence-corrected chi connectivity index (χ1v) is 9.75. The Bertz CT molecular complexity index is 695. The normalized spacial score (nSPS) is 12.6. The zero-order valence-corrected chi connectivity index (χ0v) is 16.3. The zero-order chi connectivity index (χ0) is 21.1. The summed E-state index contributed by atoms with van der Waals surface area (Å²) in [6, 6.07) is 5.77. The summed E-state index contributed by atoms with van der Waals surface area (Å²) in [4.78, 5) is 45.6. The van der Waals surface area contributed by atoms with Crippen LogP contribution in [0, 0.1) is 6.92 Å². The number of hydrogen-bond acceptors (Lipinski definition) is 6. The monoisotopic (exact) mass is 411 g/mol. The molecule has 154 valence electrons. The number of nitrogens with one attached hydrogen (secondary N) is 2. The molecule has 0 aliphatic carbocycles. The third-order valence-corrected chi connectivity index (χ3v) is 4.85. The van der Waals surface area contributed by atoms with Crippen LogP contribution in [0.4, 0.5) is 0 Å². The molecular formula is C18H25N3O6S. The topological polar surface area (TPSA) is 159 Å². The van der Waals surface area contributed by atoms with Crippen molar-refractivity contribution in [1.29, 1.82) is 0 Å². The standard InChI is InChI=1S/C18H25N3O6S/c1-11-2-4-12(5-3-11)9-28-10-14(17(25)20-8-16(23)24)21-15(22)7-6-13(19)18(26)27/h2-5,13-14H,6-10,19H2,1H3,(H,20,25)(H,21,22)(H,23,24)(H,26,27)/t13-,14-/m0/s1. The van der Waals surface area contributed by atoms with Crippen LogP contribution in [-0.4, -0.2) is 58.3 Å². The van der Waals surface area contributed by atoms with Gasteiger partial charge >= 0.3 is 11.9 Å². The summed E-state index contributed by atoms with van der Waals surface area (Å²) in [6.07, 6.45) is -0.222. The Labute approximate surface area is 167 Å². The Morgan fingerprint density at radius 2 is 1.79 bits per heavy atom. The number of nitrogens with two attached hydrogens (primary N) is 1. The lowest BCUT2D eigenvalue weighted by Crippen LogP contribution is -2.49. The van der Waals surface area contributed by atoms with E-state index in [4.69, 9.17) is 15.9 Å². The lowest BCUT2D eigenvalue weighted by atomic mass is 10.1. The summed E-state index contributed by atoms with van der Waals surface area (Å²) in [6.45, 7) is 1.42. The number of hydrogen-bond donors (Lipinski definition) is 5. The van der Waals surface area contributed by atoms with Crippen molar-refractivity contribution in [2.45, 2.75) is 37.6 Å². The third-order valence-electron chi connectivity index (χ3n) is 3.74. The van der Waals surface area contributed by atoms with Crippen molar-refractivity contribution in [2.24, 2.45) is 5.73 Å². The Morgan fingerprint density at radius 3 is 2.36 bits per heavy atom. The first kappa shape index (κ1) is 23.4. The maximum atomic E-state index is 12.2. The molecule has 1 rings (SSSR count). The van der Waals surface area contributed by atoms with E-state index in [0.717, 1.165) is 11.1 Å². The molecule has 9 nitrogen and oxygen atoms in total. The van der Waals surface area contributed by atoms with Crippen molar-refractivity contribution >= 4 is 35.5 Å². The van der Waals surface area contributed by atoms with E-state index in [-0.39, 0.29) is 18.6 Å². The molecule has 1 aromatic carbocycles. The van der Waals surface area contributed by atoms with E-state index in [2.05, 4.69) is 10.6 Å². The first-order chi connectivity index (χ1) is 13.2. The molecule has 0 aromatic heterocycles. The van der Waals surface area contributed by atoms with Crippen LogP contribution in [0.3, 0.4) is 0 Å². The van der Waals surface area contributed by atoms with E-state index < -0.39 is 42.4 Å². The molecule has 0 unspecified atom stereocenters. The van der Waals surface area contributed by atoms with Gasteiger partial charge in [0.25, 0.3) is 0 Å². The maximum Gasteiger partial charge on any atom is 0.322 e. The highest BCUT2D eigenvalue weighted by atomic mass is 32.2.